The number of hydrogen-bond acceptors (Lipinski definition) is 3. The highest BCUT2D eigenvalue weighted by atomic mass is 16.6. The third-order valence-corrected chi connectivity index (χ3v) is 2.34. The molecule has 0 aliphatic carbocycles. The van der Waals surface area contributed by atoms with Gasteiger partial charge in [0.15, 0.2) is 6.10 Å². The predicted molar refractivity (Wildman–Crippen MR) is 71.4 cm³/mol. The standard InChI is InChI=1S/C15H22O3/c1-12(14(16)18-15(2,3)4)17-11-10-13-8-6-5-7-9-13/h5-9,12H,10-11H2,1-4H3. The molecule has 18 heavy (non-hydrogen) atoms. The van der Waals surface area contributed by atoms with Crippen LogP contribution in [0.2, 0.25) is 0 Å². The molecule has 0 radical (unpaired) electrons. The Morgan fingerprint density at radius 3 is 2.39 bits per heavy atom. The van der Waals surface area contributed by atoms with Crippen molar-refractivity contribution in [2.45, 2.75) is 45.8 Å². The minimum Gasteiger partial charge on any atom is -0.458 e. The van der Waals surface area contributed by atoms with Crippen LogP contribution in [0.5, 0.6) is 0 Å². The van der Waals surface area contributed by atoms with Crippen LogP contribution in [0.15, 0.2) is 30.3 Å². The van der Waals surface area contributed by atoms with Crippen molar-refractivity contribution in [3.63, 3.8) is 0 Å². The summed E-state index contributed by atoms with van der Waals surface area (Å²) < 4.78 is 10.7. The van der Waals surface area contributed by atoms with Gasteiger partial charge in [-0.1, -0.05) is 30.3 Å². The highest BCUT2D eigenvalue weighted by Gasteiger charge is 2.21. The molecular weight excluding hydrogens is 228 g/mol. The Hall–Kier alpha value is -1.35. The minimum absolute atomic E-state index is 0.310. The maximum atomic E-state index is 11.7. The van der Waals surface area contributed by atoms with E-state index < -0.39 is 11.7 Å². The molecule has 1 aromatic rings. The van der Waals surface area contributed by atoms with Crippen molar-refractivity contribution >= 4 is 5.97 Å². The monoisotopic (exact) mass is 250 g/mol. The number of carbonyl (C=O) groups is 1. The molecule has 1 atom stereocenters. The molecule has 0 saturated carbocycles. The maximum Gasteiger partial charge on any atom is 0.335 e. The lowest BCUT2D eigenvalue weighted by Crippen LogP contribution is -2.32. The lowest BCUT2D eigenvalue weighted by atomic mass is 10.2. The summed E-state index contributed by atoms with van der Waals surface area (Å²) in [6.07, 6.45) is 0.279. The van der Waals surface area contributed by atoms with Crippen LogP contribution < -0.4 is 0 Å². The molecule has 0 aliphatic heterocycles. The quantitative estimate of drug-likeness (QED) is 0.754. The zero-order valence-electron chi connectivity index (χ0n) is 11.6. The number of carbonyl (C=O) groups excluding carboxylic acids is 1. The number of esters is 1. The van der Waals surface area contributed by atoms with Gasteiger partial charge in [0.2, 0.25) is 0 Å². The summed E-state index contributed by atoms with van der Waals surface area (Å²) >= 11 is 0. The Balaban J connectivity index is 2.29. The van der Waals surface area contributed by atoms with Crippen LogP contribution in [0.4, 0.5) is 0 Å². The maximum absolute atomic E-state index is 11.7. The summed E-state index contributed by atoms with van der Waals surface area (Å²) in [7, 11) is 0. The summed E-state index contributed by atoms with van der Waals surface area (Å²) in [6.45, 7) is 7.79. The van der Waals surface area contributed by atoms with E-state index in [-0.39, 0.29) is 5.97 Å². The van der Waals surface area contributed by atoms with Crippen molar-refractivity contribution in [2.75, 3.05) is 6.61 Å². The molecule has 0 amide bonds. The van der Waals surface area contributed by atoms with E-state index in [1.165, 1.54) is 5.56 Å². The first-order chi connectivity index (χ1) is 8.38. The Bertz CT molecular complexity index is 365. The van der Waals surface area contributed by atoms with Crippen LogP contribution in [0.3, 0.4) is 0 Å². The van der Waals surface area contributed by atoms with E-state index in [4.69, 9.17) is 9.47 Å². The minimum atomic E-state index is -0.520. The first-order valence-electron chi connectivity index (χ1n) is 6.27. The van der Waals surface area contributed by atoms with E-state index in [1.807, 2.05) is 51.1 Å². The number of ether oxygens (including phenoxy) is 2. The zero-order valence-corrected chi connectivity index (χ0v) is 11.6. The van der Waals surface area contributed by atoms with Gasteiger partial charge in [-0.25, -0.2) is 4.79 Å². The molecule has 0 heterocycles. The number of benzene rings is 1. The molecule has 3 heteroatoms. The molecule has 0 bridgehead atoms. The molecule has 100 valence electrons. The van der Waals surface area contributed by atoms with Crippen LogP contribution >= 0.6 is 0 Å². The Morgan fingerprint density at radius 1 is 1.22 bits per heavy atom. The van der Waals surface area contributed by atoms with Gasteiger partial charge in [-0.15, -0.1) is 0 Å². The van der Waals surface area contributed by atoms with Gasteiger partial charge >= 0.3 is 5.97 Å². The lowest BCUT2D eigenvalue weighted by Gasteiger charge is -2.22. The summed E-state index contributed by atoms with van der Waals surface area (Å²) in [4.78, 5) is 11.7. The topological polar surface area (TPSA) is 35.5 Å². The van der Waals surface area contributed by atoms with Crippen LogP contribution in [0.1, 0.15) is 33.3 Å². The highest BCUT2D eigenvalue weighted by molar-refractivity contribution is 5.74. The molecule has 0 saturated heterocycles. The summed E-state index contributed by atoms with van der Waals surface area (Å²) in [5, 5.41) is 0. The highest BCUT2D eigenvalue weighted by Crippen LogP contribution is 2.10. The summed E-state index contributed by atoms with van der Waals surface area (Å²) in [5.74, 6) is -0.310. The fourth-order valence-corrected chi connectivity index (χ4v) is 1.45. The van der Waals surface area contributed by atoms with Crippen molar-refractivity contribution < 1.29 is 14.3 Å². The van der Waals surface area contributed by atoms with Crippen molar-refractivity contribution in [2.24, 2.45) is 0 Å². The molecule has 3 nitrogen and oxygen atoms in total. The first-order valence-corrected chi connectivity index (χ1v) is 6.27. The Kier molecular flexibility index (Phi) is 5.35. The van der Waals surface area contributed by atoms with Gasteiger partial charge in [0, 0.05) is 0 Å². The lowest BCUT2D eigenvalue weighted by molar-refractivity contribution is -0.167. The van der Waals surface area contributed by atoms with Gasteiger partial charge in [-0.2, -0.15) is 0 Å². The van der Waals surface area contributed by atoms with Crippen LogP contribution in [-0.2, 0) is 20.7 Å². The molecule has 0 aromatic heterocycles. The van der Waals surface area contributed by atoms with Crippen molar-refractivity contribution in [3.05, 3.63) is 35.9 Å². The van der Waals surface area contributed by atoms with Gasteiger partial charge < -0.3 is 9.47 Å². The second kappa shape index (κ2) is 6.55. The molecular formula is C15H22O3. The summed E-state index contributed by atoms with van der Waals surface area (Å²) in [6, 6.07) is 10.1. The van der Waals surface area contributed by atoms with Crippen molar-refractivity contribution in [1.82, 2.24) is 0 Å². The largest absolute Gasteiger partial charge is 0.458 e. The van der Waals surface area contributed by atoms with Crippen molar-refractivity contribution in [3.8, 4) is 0 Å². The van der Waals surface area contributed by atoms with E-state index in [1.54, 1.807) is 6.92 Å². The van der Waals surface area contributed by atoms with E-state index in [0.29, 0.717) is 6.61 Å². The third-order valence-electron chi connectivity index (χ3n) is 2.34. The van der Waals surface area contributed by atoms with Crippen LogP contribution in [0, 0.1) is 0 Å². The van der Waals surface area contributed by atoms with Crippen LogP contribution in [-0.4, -0.2) is 24.3 Å². The summed E-state index contributed by atoms with van der Waals surface area (Å²) in [5.41, 5.74) is 0.739. The normalized spacial score (nSPS) is 13.1. The second-order valence-corrected chi connectivity index (χ2v) is 5.28. The van der Waals surface area contributed by atoms with Gasteiger partial charge in [0.25, 0.3) is 0 Å². The molecule has 1 aromatic carbocycles. The van der Waals surface area contributed by atoms with Crippen molar-refractivity contribution in [1.29, 1.82) is 0 Å². The third kappa shape index (κ3) is 5.82. The molecule has 1 unspecified atom stereocenters. The smallest absolute Gasteiger partial charge is 0.335 e. The van der Waals surface area contributed by atoms with E-state index in [2.05, 4.69) is 0 Å². The van der Waals surface area contributed by atoms with E-state index >= 15 is 0 Å². The fourth-order valence-electron chi connectivity index (χ4n) is 1.45. The van der Waals surface area contributed by atoms with Crippen LogP contribution in [0.25, 0.3) is 0 Å². The Labute approximate surface area is 109 Å². The van der Waals surface area contributed by atoms with E-state index in [0.717, 1.165) is 6.42 Å². The van der Waals surface area contributed by atoms with Gasteiger partial charge in [-0.05, 0) is 39.7 Å². The molecule has 0 aliphatic rings. The molecule has 0 spiro atoms. The predicted octanol–water partition coefficient (Wildman–Crippen LogP) is 2.98. The number of hydrogen-bond donors (Lipinski definition) is 0. The molecule has 0 fully saturated rings. The van der Waals surface area contributed by atoms with Gasteiger partial charge in [0.1, 0.15) is 5.60 Å². The number of rotatable bonds is 5. The first kappa shape index (κ1) is 14.7. The Morgan fingerprint density at radius 2 is 1.83 bits per heavy atom. The van der Waals surface area contributed by atoms with Gasteiger partial charge in [0.05, 0.1) is 6.61 Å². The molecule has 0 N–H and O–H groups in total. The average molecular weight is 250 g/mol. The second-order valence-electron chi connectivity index (χ2n) is 5.28. The van der Waals surface area contributed by atoms with Gasteiger partial charge in [-0.3, -0.25) is 0 Å². The average Bonchev–Trinajstić information content (AvgIpc) is 2.28. The fraction of sp³-hybridized carbons (Fsp3) is 0.533. The zero-order chi connectivity index (χ0) is 13.6. The SMILES string of the molecule is CC(OCCc1ccccc1)C(=O)OC(C)(C)C. The van der Waals surface area contributed by atoms with E-state index in [9.17, 15) is 4.79 Å². The molecule has 1 rings (SSSR count).